The highest BCUT2D eigenvalue weighted by Crippen LogP contribution is 2.45. The summed E-state index contributed by atoms with van der Waals surface area (Å²) in [6, 6.07) is 16.7. The van der Waals surface area contributed by atoms with E-state index >= 15 is 0 Å². The highest BCUT2D eigenvalue weighted by molar-refractivity contribution is 5.33. The Bertz CT molecular complexity index is 903. The Morgan fingerprint density at radius 2 is 1.73 bits per heavy atom. The summed E-state index contributed by atoms with van der Waals surface area (Å²) < 4.78 is 46.3. The van der Waals surface area contributed by atoms with Crippen molar-refractivity contribution in [3.63, 3.8) is 0 Å². The molecule has 180 valence electrons. The van der Waals surface area contributed by atoms with Crippen molar-refractivity contribution in [3.8, 4) is 0 Å². The van der Waals surface area contributed by atoms with Crippen molar-refractivity contribution >= 4 is 0 Å². The van der Waals surface area contributed by atoms with Gasteiger partial charge in [-0.15, -0.1) is 0 Å². The molecule has 0 aliphatic carbocycles. The minimum atomic E-state index is -4.32. The fraction of sp³-hybridized carbons (Fsp3) is 0.571. The van der Waals surface area contributed by atoms with E-state index < -0.39 is 11.7 Å². The second-order valence-corrected chi connectivity index (χ2v) is 10.6. The fourth-order valence-electron chi connectivity index (χ4n) is 5.84. The first-order valence-corrected chi connectivity index (χ1v) is 12.2. The third kappa shape index (κ3) is 6.19. The van der Waals surface area contributed by atoms with Crippen LogP contribution in [0.25, 0.3) is 0 Å². The number of halogens is 3. The number of ether oxygens (including phenoxy) is 1. The monoisotopic (exact) mass is 459 g/mol. The normalized spacial score (nSPS) is 24.6. The molecule has 1 unspecified atom stereocenters. The molecule has 2 aromatic carbocycles. The Morgan fingerprint density at radius 1 is 1.00 bits per heavy atom. The number of hydrogen-bond acceptors (Lipinski definition) is 2. The number of alkyl halides is 3. The summed E-state index contributed by atoms with van der Waals surface area (Å²) >= 11 is 0. The first-order chi connectivity index (χ1) is 15.7. The highest BCUT2D eigenvalue weighted by Gasteiger charge is 2.43. The van der Waals surface area contributed by atoms with Gasteiger partial charge < -0.3 is 9.64 Å². The molecule has 0 bridgehead atoms. The quantitative estimate of drug-likeness (QED) is 0.467. The molecular weight excluding hydrogens is 423 g/mol. The van der Waals surface area contributed by atoms with Gasteiger partial charge in [0.25, 0.3) is 0 Å². The van der Waals surface area contributed by atoms with Crippen LogP contribution in [0.5, 0.6) is 0 Å². The average Bonchev–Trinajstić information content (AvgIpc) is 2.78. The van der Waals surface area contributed by atoms with Gasteiger partial charge in [-0.3, -0.25) is 0 Å². The summed E-state index contributed by atoms with van der Waals surface area (Å²) in [6.45, 7) is 7.76. The standard InChI is InChI=1S/C28H36F3NO/c1-26(2)21-27(14-18-33-26,24-9-6-10-25(20-24)28(29,30)31)13-17-32-15-11-23(12-16-32)19-22-7-4-3-5-8-22/h3-10,20,23H,11-19,21H2,1-2H3. The molecule has 0 amide bonds. The number of hydrogen-bond donors (Lipinski definition) is 0. The third-order valence-electron chi connectivity index (χ3n) is 7.62. The molecule has 0 spiro atoms. The van der Waals surface area contributed by atoms with Crippen molar-refractivity contribution in [2.24, 2.45) is 5.92 Å². The van der Waals surface area contributed by atoms with Gasteiger partial charge in [0.1, 0.15) is 0 Å². The number of piperidine rings is 1. The van der Waals surface area contributed by atoms with Crippen LogP contribution in [0.4, 0.5) is 13.2 Å². The van der Waals surface area contributed by atoms with Gasteiger partial charge in [0, 0.05) is 12.0 Å². The van der Waals surface area contributed by atoms with Crippen LogP contribution >= 0.6 is 0 Å². The number of rotatable bonds is 6. The van der Waals surface area contributed by atoms with E-state index in [0.717, 1.165) is 50.9 Å². The summed E-state index contributed by atoms with van der Waals surface area (Å²) in [5.41, 5.74) is 1.04. The molecule has 1 atom stereocenters. The summed E-state index contributed by atoms with van der Waals surface area (Å²) in [5.74, 6) is 0.711. The Hall–Kier alpha value is -1.85. The lowest BCUT2D eigenvalue weighted by Gasteiger charge is -2.46. The van der Waals surface area contributed by atoms with Crippen LogP contribution in [0.3, 0.4) is 0 Å². The predicted molar refractivity (Wildman–Crippen MR) is 126 cm³/mol. The summed E-state index contributed by atoms with van der Waals surface area (Å²) in [4.78, 5) is 2.51. The molecule has 5 heteroatoms. The van der Waals surface area contributed by atoms with Crippen LogP contribution in [-0.2, 0) is 22.7 Å². The van der Waals surface area contributed by atoms with E-state index in [1.807, 2.05) is 6.07 Å². The maximum absolute atomic E-state index is 13.4. The topological polar surface area (TPSA) is 12.5 Å². The third-order valence-corrected chi connectivity index (χ3v) is 7.62. The van der Waals surface area contributed by atoms with E-state index in [9.17, 15) is 13.2 Å². The first kappa shape index (κ1) is 24.3. The molecule has 2 aromatic rings. The van der Waals surface area contributed by atoms with Gasteiger partial charge in [0.15, 0.2) is 0 Å². The van der Waals surface area contributed by atoms with Crippen molar-refractivity contribution in [1.29, 1.82) is 0 Å². The maximum atomic E-state index is 13.4. The van der Waals surface area contributed by atoms with Gasteiger partial charge in [0.05, 0.1) is 11.2 Å². The van der Waals surface area contributed by atoms with Crippen molar-refractivity contribution in [1.82, 2.24) is 4.90 Å². The van der Waals surface area contributed by atoms with Crippen LogP contribution in [0.1, 0.15) is 62.6 Å². The van der Waals surface area contributed by atoms with Crippen molar-refractivity contribution in [2.45, 2.75) is 69.6 Å². The largest absolute Gasteiger partial charge is 0.416 e. The smallest absolute Gasteiger partial charge is 0.376 e. The second-order valence-electron chi connectivity index (χ2n) is 10.6. The highest BCUT2D eigenvalue weighted by atomic mass is 19.4. The fourth-order valence-corrected chi connectivity index (χ4v) is 5.84. The minimum absolute atomic E-state index is 0.288. The van der Waals surface area contributed by atoms with Crippen LogP contribution in [-0.4, -0.2) is 36.7 Å². The lowest BCUT2D eigenvalue weighted by molar-refractivity contribution is -0.137. The summed E-state index contributed by atoms with van der Waals surface area (Å²) in [6.07, 6.45) is 1.55. The van der Waals surface area contributed by atoms with Gasteiger partial charge in [0.2, 0.25) is 0 Å². The van der Waals surface area contributed by atoms with Gasteiger partial charge in [-0.25, -0.2) is 0 Å². The Kier molecular flexibility index (Phi) is 7.20. The molecule has 0 aromatic heterocycles. The molecule has 0 saturated carbocycles. The predicted octanol–water partition coefficient (Wildman–Crippen LogP) is 6.88. The zero-order valence-corrected chi connectivity index (χ0v) is 19.8. The number of likely N-dealkylation sites (tertiary alicyclic amines) is 1. The van der Waals surface area contributed by atoms with E-state index in [1.165, 1.54) is 30.5 Å². The Labute approximate surface area is 196 Å². The molecule has 2 heterocycles. The van der Waals surface area contributed by atoms with E-state index in [2.05, 4.69) is 49.1 Å². The van der Waals surface area contributed by atoms with Gasteiger partial charge in [-0.2, -0.15) is 13.2 Å². The van der Waals surface area contributed by atoms with Crippen LogP contribution in [0, 0.1) is 5.92 Å². The van der Waals surface area contributed by atoms with E-state index in [-0.39, 0.29) is 11.0 Å². The van der Waals surface area contributed by atoms with Crippen molar-refractivity contribution in [2.75, 3.05) is 26.2 Å². The van der Waals surface area contributed by atoms with Crippen molar-refractivity contribution < 1.29 is 17.9 Å². The molecular formula is C28H36F3NO. The van der Waals surface area contributed by atoms with Crippen LogP contribution in [0.15, 0.2) is 54.6 Å². The first-order valence-electron chi connectivity index (χ1n) is 12.2. The molecule has 0 N–H and O–H groups in total. The van der Waals surface area contributed by atoms with Crippen LogP contribution < -0.4 is 0 Å². The van der Waals surface area contributed by atoms with Crippen molar-refractivity contribution in [3.05, 3.63) is 71.3 Å². The second kappa shape index (κ2) is 9.79. The minimum Gasteiger partial charge on any atom is -0.376 e. The zero-order chi connectivity index (χ0) is 23.5. The van der Waals surface area contributed by atoms with E-state index in [1.54, 1.807) is 6.07 Å². The maximum Gasteiger partial charge on any atom is 0.416 e. The number of nitrogens with zero attached hydrogens (tertiary/aromatic N) is 1. The van der Waals surface area contributed by atoms with Crippen LogP contribution in [0.2, 0.25) is 0 Å². The SMILES string of the molecule is CC1(C)CC(CCN2CCC(Cc3ccccc3)CC2)(c2cccc(C(F)(F)F)c2)CCO1. The molecule has 2 fully saturated rings. The summed E-state index contributed by atoms with van der Waals surface area (Å²) in [5, 5.41) is 0. The summed E-state index contributed by atoms with van der Waals surface area (Å²) in [7, 11) is 0. The molecule has 4 rings (SSSR count). The lowest BCUT2D eigenvalue weighted by Crippen LogP contribution is -2.46. The van der Waals surface area contributed by atoms with Gasteiger partial charge in [-0.1, -0.05) is 48.5 Å². The average molecular weight is 460 g/mol. The zero-order valence-electron chi connectivity index (χ0n) is 19.8. The lowest BCUT2D eigenvalue weighted by atomic mass is 9.67. The van der Waals surface area contributed by atoms with E-state index in [0.29, 0.717) is 12.5 Å². The molecule has 2 saturated heterocycles. The number of benzene rings is 2. The molecule has 2 aliphatic rings. The molecule has 0 radical (unpaired) electrons. The Morgan fingerprint density at radius 3 is 2.39 bits per heavy atom. The van der Waals surface area contributed by atoms with Gasteiger partial charge >= 0.3 is 6.18 Å². The van der Waals surface area contributed by atoms with E-state index in [4.69, 9.17) is 4.74 Å². The van der Waals surface area contributed by atoms with Gasteiger partial charge in [-0.05, 0) is 95.1 Å². The molecule has 2 aliphatic heterocycles. The molecule has 2 nitrogen and oxygen atoms in total. The molecule has 33 heavy (non-hydrogen) atoms. The Balaban J connectivity index is 1.43.